The van der Waals surface area contributed by atoms with Gasteiger partial charge < -0.3 is 10.1 Å². The zero-order valence-electron chi connectivity index (χ0n) is 12.8. The molecular weight excluding hydrogens is 304 g/mol. The van der Waals surface area contributed by atoms with Gasteiger partial charge in [0.15, 0.2) is 0 Å². The van der Waals surface area contributed by atoms with Crippen LogP contribution < -0.4 is 10.2 Å². The van der Waals surface area contributed by atoms with E-state index in [1.807, 2.05) is 13.8 Å². The number of hydrogen-bond acceptors (Lipinski definition) is 3. The first-order valence-corrected chi connectivity index (χ1v) is 7.94. The molecule has 1 aromatic rings. The Kier molecular flexibility index (Phi) is 5.66. The summed E-state index contributed by atoms with van der Waals surface area (Å²) in [6.07, 6.45) is 0.887. The van der Waals surface area contributed by atoms with Crippen LogP contribution in [-0.4, -0.2) is 31.2 Å². The summed E-state index contributed by atoms with van der Waals surface area (Å²) in [6.45, 7) is 4.74. The van der Waals surface area contributed by atoms with Crippen LogP contribution >= 0.6 is 11.6 Å². The highest BCUT2D eigenvalue weighted by Gasteiger charge is 2.32. The number of nitrogens with zero attached hydrogens (tertiary/aromatic N) is 1. The van der Waals surface area contributed by atoms with Crippen molar-refractivity contribution in [1.29, 1.82) is 0 Å². The van der Waals surface area contributed by atoms with Crippen LogP contribution in [0.15, 0.2) is 24.3 Å². The number of carbonyl (C=O) groups is 2. The second-order valence-corrected chi connectivity index (χ2v) is 5.79. The Labute approximate surface area is 135 Å². The van der Waals surface area contributed by atoms with Gasteiger partial charge in [-0.3, -0.25) is 9.69 Å². The van der Waals surface area contributed by atoms with E-state index >= 15 is 0 Å². The smallest absolute Gasteiger partial charge is 0.414 e. The molecule has 2 amide bonds. The third kappa shape index (κ3) is 3.91. The number of hydrogen-bond donors (Lipinski definition) is 1. The lowest BCUT2D eigenvalue weighted by molar-refractivity contribution is -0.125. The molecule has 120 valence electrons. The van der Waals surface area contributed by atoms with Crippen molar-refractivity contribution in [3.8, 4) is 0 Å². The molecule has 1 aliphatic heterocycles. The standard InChI is InChI=1S/C16H21ClN2O3/c1-3-11(4-2)15(20)18-9-14-10-19(16(21)22-14)13-7-5-12(17)6-8-13/h5-8,11,14H,3-4,9-10H2,1-2H3,(H,18,20). The van der Waals surface area contributed by atoms with E-state index in [4.69, 9.17) is 16.3 Å². The highest BCUT2D eigenvalue weighted by molar-refractivity contribution is 6.30. The van der Waals surface area contributed by atoms with Gasteiger partial charge in [0.05, 0.1) is 13.1 Å². The number of cyclic esters (lactones) is 1. The number of halogens is 1. The van der Waals surface area contributed by atoms with E-state index in [2.05, 4.69) is 5.32 Å². The minimum Gasteiger partial charge on any atom is -0.442 e. The molecule has 0 aliphatic carbocycles. The van der Waals surface area contributed by atoms with Crippen molar-refractivity contribution < 1.29 is 14.3 Å². The summed E-state index contributed by atoms with van der Waals surface area (Å²) in [5.41, 5.74) is 0.739. The molecule has 1 unspecified atom stereocenters. The highest BCUT2D eigenvalue weighted by atomic mass is 35.5. The van der Waals surface area contributed by atoms with Gasteiger partial charge in [0.1, 0.15) is 6.10 Å². The van der Waals surface area contributed by atoms with Gasteiger partial charge in [0, 0.05) is 16.6 Å². The maximum atomic E-state index is 12.0. The molecule has 1 atom stereocenters. The number of benzene rings is 1. The molecule has 1 aromatic carbocycles. The quantitative estimate of drug-likeness (QED) is 0.874. The second kappa shape index (κ2) is 7.49. The van der Waals surface area contributed by atoms with Crippen LogP contribution in [0.4, 0.5) is 10.5 Å². The van der Waals surface area contributed by atoms with Gasteiger partial charge in [-0.25, -0.2) is 4.79 Å². The molecule has 2 rings (SSSR count). The van der Waals surface area contributed by atoms with Gasteiger partial charge >= 0.3 is 6.09 Å². The highest BCUT2D eigenvalue weighted by Crippen LogP contribution is 2.23. The summed E-state index contributed by atoms with van der Waals surface area (Å²) >= 11 is 5.84. The molecule has 0 radical (unpaired) electrons. The minimum atomic E-state index is -0.399. The predicted octanol–water partition coefficient (Wildman–Crippen LogP) is 3.22. The summed E-state index contributed by atoms with van der Waals surface area (Å²) in [7, 11) is 0. The molecule has 1 aliphatic rings. The van der Waals surface area contributed by atoms with Crippen LogP contribution in [0.5, 0.6) is 0 Å². The van der Waals surface area contributed by atoms with Crippen LogP contribution in [0, 0.1) is 5.92 Å². The summed E-state index contributed by atoms with van der Waals surface area (Å²) in [4.78, 5) is 25.4. The molecule has 1 N–H and O–H groups in total. The third-order valence-corrected chi connectivity index (χ3v) is 4.12. The monoisotopic (exact) mass is 324 g/mol. The SMILES string of the molecule is CCC(CC)C(=O)NCC1CN(c2ccc(Cl)cc2)C(=O)O1. The van der Waals surface area contributed by atoms with Crippen LogP contribution in [-0.2, 0) is 9.53 Å². The number of ether oxygens (including phenoxy) is 1. The van der Waals surface area contributed by atoms with Crippen molar-refractivity contribution in [3.05, 3.63) is 29.3 Å². The first-order chi connectivity index (χ1) is 10.5. The summed E-state index contributed by atoms with van der Waals surface area (Å²) in [5, 5.41) is 3.48. The lowest BCUT2D eigenvalue weighted by Crippen LogP contribution is -2.37. The van der Waals surface area contributed by atoms with Crippen molar-refractivity contribution in [3.63, 3.8) is 0 Å². The topological polar surface area (TPSA) is 58.6 Å². The Bertz CT molecular complexity index is 529. The first-order valence-electron chi connectivity index (χ1n) is 7.56. The lowest BCUT2D eigenvalue weighted by atomic mass is 10.0. The fraction of sp³-hybridized carbons (Fsp3) is 0.500. The molecule has 0 spiro atoms. The number of carbonyl (C=O) groups excluding carboxylic acids is 2. The summed E-state index contributed by atoms with van der Waals surface area (Å²) in [6, 6.07) is 7.00. The number of anilines is 1. The molecule has 0 bridgehead atoms. The molecular formula is C16H21ClN2O3. The summed E-state index contributed by atoms with van der Waals surface area (Å²) in [5.74, 6) is 0.0375. The van der Waals surface area contributed by atoms with E-state index < -0.39 is 6.09 Å². The fourth-order valence-corrected chi connectivity index (χ4v) is 2.60. The Hall–Kier alpha value is -1.75. The average molecular weight is 325 g/mol. The van der Waals surface area contributed by atoms with E-state index in [1.165, 1.54) is 0 Å². The molecule has 0 saturated carbocycles. The van der Waals surface area contributed by atoms with Crippen molar-refractivity contribution in [1.82, 2.24) is 5.32 Å². The number of amides is 2. The minimum absolute atomic E-state index is 0.0180. The molecule has 0 aromatic heterocycles. The van der Waals surface area contributed by atoms with Crippen LogP contribution in [0.25, 0.3) is 0 Å². The molecule has 1 fully saturated rings. The molecule has 6 heteroatoms. The average Bonchev–Trinajstić information content (AvgIpc) is 2.88. The van der Waals surface area contributed by atoms with Crippen LogP contribution in [0.1, 0.15) is 26.7 Å². The largest absolute Gasteiger partial charge is 0.442 e. The van der Waals surface area contributed by atoms with Gasteiger partial charge in [-0.1, -0.05) is 25.4 Å². The zero-order valence-corrected chi connectivity index (χ0v) is 13.6. The van der Waals surface area contributed by atoms with E-state index in [9.17, 15) is 9.59 Å². The fourth-order valence-electron chi connectivity index (χ4n) is 2.48. The van der Waals surface area contributed by atoms with Gasteiger partial charge in [-0.05, 0) is 37.1 Å². The van der Waals surface area contributed by atoms with E-state index in [0.29, 0.717) is 18.1 Å². The number of nitrogens with one attached hydrogen (secondary N) is 1. The van der Waals surface area contributed by atoms with Crippen LogP contribution in [0.2, 0.25) is 5.02 Å². The van der Waals surface area contributed by atoms with Crippen molar-refractivity contribution in [2.75, 3.05) is 18.0 Å². The Morgan fingerprint density at radius 2 is 2.00 bits per heavy atom. The van der Waals surface area contributed by atoms with Crippen molar-refractivity contribution in [2.45, 2.75) is 32.8 Å². The molecule has 1 saturated heterocycles. The van der Waals surface area contributed by atoms with E-state index in [-0.39, 0.29) is 17.9 Å². The third-order valence-electron chi connectivity index (χ3n) is 3.87. The second-order valence-electron chi connectivity index (χ2n) is 5.35. The maximum Gasteiger partial charge on any atom is 0.414 e. The number of rotatable bonds is 6. The predicted molar refractivity (Wildman–Crippen MR) is 86.1 cm³/mol. The molecule has 22 heavy (non-hydrogen) atoms. The Balaban J connectivity index is 1.90. The van der Waals surface area contributed by atoms with Crippen molar-refractivity contribution >= 4 is 29.3 Å². The zero-order chi connectivity index (χ0) is 16.1. The first kappa shape index (κ1) is 16.6. The van der Waals surface area contributed by atoms with Crippen LogP contribution in [0.3, 0.4) is 0 Å². The van der Waals surface area contributed by atoms with E-state index in [0.717, 1.165) is 18.5 Å². The lowest BCUT2D eigenvalue weighted by Gasteiger charge is -2.15. The Morgan fingerprint density at radius 3 is 2.59 bits per heavy atom. The van der Waals surface area contributed by atoms with Crippen molar-refractivity contribution in [2.24, 2.45) is 5.92 Å². The van der Waals surface area contributed by atoms with Gasteiger partial charge in [-0.15, -0.1) is 0 Å². The molecule has 1 heterocycles. The summed E-state index contributed by atoms with van der Waals surface area (Å²) < 4.78 is 5.30. The van der Waals surface area contributed by atoms with Gasteiger partial charge in [0.25, 0.3) is 0 Å². The normalized spacial score (nSPS) is 17.7. The van der Waals surface area contributed by atoms with Gasteiger partial charge in [0.2, 0.25) is 5.91 Å². The Morgan fingerprint density at radius 1 is 1.36 bits per heavy atom. The van der Waals surface area contributed by atoms with Gasteiger partial charge in [-0.2, -0.15) is 0 Å². The molecule has 5 nitrogen and oxygen atoms in total. The van der Waals surface area contributed by atoms with E-state index in [1.54, 1.807) is 29.2 Å². The maximum absolute atomic E-state index is 12.0.